The standard InChI is InChI=1S/C30H31N3O8/c1-30(2,3)41-29(36)32(4)25-14-13-19(33(37)38)17-26(25)40-27(34)15-16-31-28(35)39-18-24-22-11-7-5-9-20(22)21-10-6-8-12-23(21)24/h5-14,17,24H,15-16,18H2,1-4H3,(H,31,35). The second-order valence-electron chi connectivity index (χ2n) is 10.4. The predicted octanol–water partition coefficient (Wildman–Crippen LogP) is 5.80. The van der Waals surface area contributed by atoms with Crippen molar-refractivity contribution in [3.05, 3.63) is 88.0 Å². The first-order valence-electron chi connectivity index (χ1n) is 13.0. The molecule has 0 atom stereocenters. The van der Waals surface area contributed by atoms with Crippen molar-refractivity contribution in [3.63, 3.8) is 0 Å². The Kier molecular flexibility index (Phi) is 8.56. The molecule has 0 aromatic heterocycles. The number of nitro benzene ring substituents is 1. The molecule has 4 rings (SSSR count). The van der Waals surface area contributed by atoms with Crippen molar-refractivity contribution in [2.45, 2.75) is 38.7 Å². The molecule has 0 spiro atoms. The molecule has 0 unspecified atom stereocenters. The van der Waals surface area contributed by atoms with Gasteiger partial charge in [-0.2, -0.15) is 0 Å². The third kappa shape index (κ3) is 6.99. The van der Waals surface area contributed by atoms with Crippen molar-refractivity contribution >= 4 is 29.5 Å². The van der Waals surface area contributed by atoms with Crippen molar-refractivity contribution in [1.82, 2.24) is 5.32 Å². The van der Waals surface area contributed by atoms with Gasteiger partial charge in [-0.1, -0.05) is 48.5 Å². The molecule has 0 saturated heterocycles. The monoisotopic (exact) mass is 561 g/mol. The van der Waals surface area contributed by atoms with E-state index in [1.165, 1.54) is 19.2 Å². The van der Waals surface area contributed by atoms with Gasteiger partial charge in [0.05, 0.1) is 23.1 Å². The molecule has 1 aliphatic carbocycles. The van der Waals surface area contributed by atoms with Gasteiger partial charge in [-0.25, -0.2) is 9.59 Å². The van der Waals surface area contributed by atoms with E-state index in [0.717, 1.165) is 33.2 Å². The van der Waals surface area contributed by atoms with Crippen LogP contribution in [0.15, 0.2) is 66.7 Å². The first-order valence-corrected chi connectivity index (χ1v) is 13.0. The van der Waals surface area contributed by atoms with Crippen LogP contribution in [0.2, 0.25) is 0 Å². The molecule has 0 saturated carbocycles. The summed E-state index contributed by atoms with van der Waals surface area (Å²) in [6.45, 7) is 5.11. The number of non-ortho nitro benzene ring substituents is 1. The lowest BCUT2D eigenvalue weighted by atomic mass is 9.98. The highest BCUT2D eigenvalue weighted by atomic mass is 16.6. The van der Waals surface area contributed by atoms with Gasteiger partial charge in [0.2, 0.25) is 0 Å². The Morgan fingerprint density at radius 2 is 1.59 bits per heavy atom. The van der Waals surface area contributed by atoms with E-state index < -0.39 is 28.7 Å². The van der Waals surface area contributed by atoms with E-state index in [0.29, 0.717) is 0 Å². The van der Waals surface area contributed by atoms with E-state index in [1.807, 2.05) is 48.5 Å². The van der Waals surface area contributed by atoms with E-state index in [-0.39, 0.29) is 42.6 Å². The van der Waals surface area contributed by atoms with Gasteiger partial charge >= 0.3 is 18.2 Å². The molecule has 0 radical (unpaired) electrons. The number of esters is 1. The summed E-state index contributed by atoms with van der Waals surface area (Å²) in [4.78, 5) is 49.2. The van der Waals surface area contributed by atoms with Crippen LogP contribution in [0.4, 0.5) is 21.0 Å². The number of hydrogen-bond donors (Lipinski definition) is 1. The van der Waals surface area contributed by atoms with Gasteiger partial charge in [0, 0.05) is 25.6 Å². The van der Waals surface area contributed by atoms with Gasteiger partial charge in [-0.05, 0) is 49.1 Å². The van der Waals surface area contributed by atoms with Crippen molar-refractivity contribution in [2.75, 3.05) is 25.1 Å². The average molecular weight is 562 g/mol. The zero-order valence-corrected chi connectivity index (χ0v) is 23.2. The Morgan fingerprint density at radius 1 is 0.976 bits per heavy atom. The smallest absolute Gasteiger partial charge is 0.414 e. The number of anilines is 1. The molecule has 1 N–H and O–H groups in total. The van der Waals surface area contributed by atoms with E-state index in [9.17, 15) is 24.5 Å². The number of fused-ring (bicyclic) bond motifs is 3. The van der Waals surface area contributed by atoms with E-state index >= 15 is 0 Å². The number of nitrogens with one attached hydrogen (secondary N) is 1. The SMILES string of the molecule is CN(C(=O)OC(C)(C)C)c1ccc([N+](=O)[O-])cc1OC(=O)CCNC(=O)OCC1c2ccccc2-c2ccccc21. The van der Waals surface area contributed by atoms with Gasteiger partial charge in [0.25, 0.3) is 5.69 Å². The predicted molar refractivity (Wildman–Crippen MR) is 151 cm³/mol. The third-order valence-corrected chi connectivity index (χ3v) is 6.35. The zero-order valence-electron chi connectivity index (χ0n) is 23.2. The van der Waals surface area contributed by atoms with Crippen LogP contribution in [-0.4, -0.2) is 48.9 Å². The second-order valence-corrected chi connectivity index (χ2v) is 10.4. The molecule has 0 aliphatic heterocycles. The van der Waals surface area contributed by atoms with Crippen LogP contribution in [0.3, 0.4) is 0 Å². The number of carbonyl (C=O) groups is 3. The van der Waals surface area contributed by atoms with Gasteiger partial charge in [-0.15, -0.1) is 0 Å². The highest BCUT2D eigenvalue weighted by Crippen LogP contribution is 2.44. The largest absolute Gasteiger partial charge is 0.449 e. The van der Waals surface area contributed by atoms with E-state index in [2.05, 4.69) is 5.32 Å². The maximum absolute atomic E-state index is 12.6. The van der Waals surface area contributed by atoms with Crippen molar-refractivity contribution in [3.8, 4) is 16.9 Å². The average Bonchev–Trinajstić information content (AvgIpc) is 3.24. The van der Waals surface area contributed by atoms with E-state index in [4.69, 9.17) is 14.2 Å². The first kappa shape index (κ1) is 29.1. The summed E-state index contributed by atoms with van der Waals surface area (Å²) in [7, 11) is 1.39. The molecule has 11 nitrogen and oxygen atoms in total. The lowest BCUT2D eigenvalue weighted by Crippen LogP contribution is -2.34. The van der Waals surface area contributed by atoms with Gasteiger partial charge in [0.1, 0.15) is 12.2 Å². The fourth-order valence-electron chi connectivity index (χ4n) is 4.49. The van der Waals surface area contributed by atoms with Gasteiger partial charge in [-0.3, -0.25) is 19.8 Å². The minimum atomic E-state index is -0.784. The number of nitro groups is 1. The molecule has 0 bridgehead atoms. The molecule has 41 heavy (non-hydrogen) atoms. The summed E-state index contributed by atoms with van der Waals surface area (Å²) < 4.78 is 16.2. The number of ether oxygens (including phenoxy) is 3. The number of nitrogens with zero attached hydrogens (tertiary/aromatic N) is 2. The highest BCUT2D eigenvalue weighted by molar-refractivity contribution is 5.90. The number of amides is 2. The Balaban J connectivity index is 1.33. The minimum absolute atomic E-state index is 0.0956. The first-order chi connectivity index (χ1) is 19.4. The summed E-state index contributed by atoms with van der Waals surface area (Å²) in [5.41, 5.74) is 3.36. The molecule has 11 heteroatoms. The van der Waals surface area contributed by atoms with Gasteiger partial charge < -0.3 is 19.5 Å². The fourth-order valence-corrected chi connectivity index (χ4v) is 4.49. The topological polar surface area (TPSA) is 137 Å². The number of carbonyl (C=O) groups excluding carboxylic acids is 3. The Hall–Kier alpha value is -4.93. The second kappa shape index (κ2) is 12.1. The summed E-state index contributed by atoms with van der Waals surface area (Å²) in [5, 5.41) is 13.8. The molecule has 0 heterocycles. The van der Waals surface area contributed by atoms with Crippen LogP contribution in [0.1, 0.15) is 44.2 Å². The van der Waals surface area contributed by atoms with Crippen LogP contribution in [-0.2, 0) is 14.3 Å². The molecule has 2 amide bonds. The van der Waals surface area contributed by atoms with E-state index in [1.54, 1.807) is 20.8 Å². The minimum Gasteiger partial charge on any atom is -0.449 e. The lowest BCUT2D eigenvalue weighted by molar-refractivity contribution is -0.384. The lowest BCUT2D eigenvalue weighted by Gasteiger charge is -2.25. The molecular weight excluding hydrogens is 530 g/mol. The highest BCUT2D eigenvalue weighted by Gasteiger charge is 2.29. The Bertz CT molecular complexity index is 1440. The molecule has 3 aromatic carbocycles. The zero-order chi connectivity index (χ0) is 29.7. The Morgan fingerprint density at radius 3 is 2.17 bits per heavy atom. The van der Waals surface area contributed by atoms with Crippen molar-refractivity contribution in [2.24, 2.45) is 0 Å². The normalized spacial score (nSPS) is 12.1. The summed E-state index contributed by atoms with van der Waals surface area (Å²) in [6, 6.07) is 19.5. The number of alkyl carbamates (subject to hydrolysis) is 1. The van der Waals surface area contributed by atoms with Crippen LogP contribution in [0.5, 0.6) is 5.75 Å². The Labute approximate surface area is 237 Å². The maximum atomic E-state index is 12.6. The molecular formula is C30H31N3O8. The fraction of sp³-hybridized carbons (Fsp3) is 0.300. The molecule has 1 aliphatic rings. The number of rotatable bonds is 8. The quantitative estimate of drug-likeness (QED) is 0.158. The van der Waals surface area contributed by atoms with Gasteiger partial charge in [0.15, 0.2) is 5.75 Å². The molecule has 0 fully saturated rings. The summed E-state index contributed by atoms with van der Waals surface area (Å²) >= 11 is 0. The third-order valence-electron chi connectivity index (χ3n) is 6.35. The van der Waals surface area contributed by atoms with Crippen LogP contribution in [0.25, 0.3) is 11.1 Å². The van der Waals surface area contributed by atoms with Crippen molar-refractivity contribution < 1.29 is 33.5 Å². The number of hydrogen-bond acceptors (Lipinski definition) is 8. The van der Waals surface area contributed by atoms with Crippen LogP contribution < -0.4 is 15.0 Å². The maximum Gasteiger partial charge on any atom is 0.414 e. The number of benzene rings is 3. The van der Waals surface area contributed by atoms with Crippen LogP contribution in [0, 0.1) is 10.1 Å². The van der Waals surface area contributed by atoms with Crippen LogP contribution >= 0.6 is 0 Å². The summed E-state index contributed by atoms with van der Waals surface area (Å²) in [5.74, 6) is -1.07. The summed E-state index contributed by atoms with van der Waals surface area (Å²) in [6.07, 6.45) is -1.68. The molecule has 214 valence electrons. The van der Waals surface area contributed by atoms with Crippen molar-refractivity contribution in [1.29, 1.82) is 0 Å². The molecule has 3 aromatic rings.